The molecule has 0 aromatic carbocycles. The minimum Gasteiger partial charge on any atom is -0.383 e. The second-order valence-electron chi connectivity index (χ2n) is 6.71. The van der Waals surface area contributed by atoms with Gasteiger partial charge in [0.15, 0.2) is 0 Å². The third-order valence-corrected chi connectivity index (χ3v) is 6.84. The number of hydrogen-bond donors (Lipinski definition) is 0. The average Bonchev–Trinajstić information content (AvgIpc) is 3.05. The van der Waals surface area contributed by atoms with Gasteiger partial charge in [-0.25, -0.2) is 13.4 Å². The van der Waals surface area contributed by atoms with Crippen molar-refractivity contribution in [2.45, 2.75) is 37.6 Å². The third-order valence-electron chi connectivity index (χ3n) is 4.32. The van der Waals surface area contributed by atoms with Gasteiger partial charge in [0.2, 0.25) is 15.0 Å². The summed E-state index contributed by atoms with van der Waals surface area (Å²) in [4.78, 5) is 6.43. The van der Waals surface area contributed by atoms with Crippen LogP contribution in [0.3, 0.4) is 0 Å². The largest absolute Gasteiger partial charge is 0.383 e. The third kappa shape index (κ3) is 4.91. The first kappa shape index (κ1) is 18.6. The summed E-state index contributed by atoms with van der Waals surface area (Å²) >= 11 is 1.68. The summed E-state index contributed by atoms with van der Waals surface area (Å²) in [5.74, 6) is 0.517. The fraction of sp³-hybridized carbons (Fsp3) is 0.588. The molecule has 0 aliphatic heterocycles. The maximum absolute atomic E-state index is 12.7. The number of methoxy groups -OCH3 is 1. The molecule has 0 unspecified atom stereocenters. The van der Waals surface area contributed by atoms with Crippen LogP contribution in [0.1, 0.15) is 24.1 Å². The molecule has 3 rings (SSSR count). The van der Waals surface area contributed by atoms with Crippen LogP contribution < -0.4 is 0 Å². The van der Waals surface area contributed by atoms with Gasteiger partial charge < -0.3 is 9.30 Å². The maximum Gasteiger partial charge on any atom is 0.227 e. The van der Waals surface area contributed by atoms with Gasteiger partial charge in [0.1, 0.15) is 0 Å². The van der Waals surface area contributed by atoms with Gasteiger partial charge in [-0.2, -0.15) is 11.3 Å². The molecule has 25 heavy (non-hydrogen) atoms. The minimum absolute atomic E-state index is 0.190. The van der Waals surface area contributed by atoms with Crippen LogP contribution in [0.5, 0.6) is 0 Å². The average molecular weight is 384 g/mol. The molecule has 0 amide bonds. The first-order chi connectivity index (χ1) is 12.0. The Kier molecular flexibility index (Phi) is 5.93. The topological polar surface area (TPSA) is 64.4 Å². The number of imidazole rings is 1. The summed E-state index contributed by atoms with van der Waals surface area (Å²) < 4.78 is 32.3. The first-order valence-electron chi connectivity index (χ1n) is 8.45. The Balaban J connectivity index is 1.78. The quantitative estimate of drug-likeness (QED) is 0.630. The molecular formula is C17H25N3O3S2. The Bertz CT molecular complexity index is 780. The standard InChI is InChI=1S/C17H25N3O3S2/c1-19(10-15-5-8-24-12-15)11-16-9-18-17(20(16)6-7-23-2)25(21,22)13-14-3-4-14/h5,8-9,12,14H,3-4,6-7,10-11,13H2,1-2H3. The molecule has 0 N–H and O–H groups in total. The molecule has 1 fully saturated rings. The summed E-state index contributed by atoms with van der Waals surface area (Å²) in [6.45, 7) is 2.43. The SMILES string of the molecule is COCCn1c(CN(C)Cc2ccsc2)cnc1S(=O)(=O)CC1CC1. The molecule has 2 heterocycles. The molecule has 2 aromatic heterocycles. The number of nitrogens with zero attached hydrogens (tertiary/aromatic N) is 3. The fourth-order valence-corrected chi connectivity index (χ4v) is 5.40. The lowest BCUT2D eigenvalue weighted by Crippen LogP contribution is -2.22. The molecule has 2 aromatic rings. The zero-order valence-electron chi connectivity index (χ0n) is 14.7. The lowest BCUT2D eigenvalue weighted by Gasteiger charge is -2.18. The van der Waals surface area contributed by atoms with Crippen molar-refractivity contribution in [3.8, 4) is 0 Å². The highest BCUT2D eigenvalue weighted by atomic mass is 32.2. The van der Waals surface area contributed by atoms with Gasteiger partial charge in [-0.1, -0.05) is 0 Å². The fourth-order valence-electron chi connectivity index (χ4n) is 2.88. The summed E-state index contributed by atoms with van der Waals surface area (Å²) in [5, 5.41) is 4.38. The number of rotatable bonds is 10. The number of ether oxygens (including phenoxy) is 1. The molecule has 6 nitrogen and oxygen atoms in total. The van der Waals surface area contributed by atoms with E-state index in [0.29, 0.717) is 25.6 Å². The predicted octanol–water partition coefficient (Wildman–Crippen LogP) is 2.41. The molecule has 1 aliphatic rings. The highest BCUT2D eigenvalue weighted by Crippen LogP contribution is 2.32. The van der Waals surface area contributed by atoms with Crippen molar-refractivity contribution >= 4 is 21.2 Å². The zero-order chi connectivity index (χ0) is 17.9. The van der Waals surface area contributed by atoms with E-state index >= 15 is 0 Å². The molecule has 0 spiro atoms. The van der Waals surface area contributed by atoms with E-state index in [1.807, 2.05) is 11.6 Å². The Morgan fingerprint density at radius 2 is 2.20 bits per heavy atom. The van der Waals surface area contributed by atoms with E-state index in [1.54, 1.807) is 24.6 Å². The van der Waals surface area contributed by atoms with Crippen molar-refractivity contribution < 1.29 is 13.2 Å². The van der Waals surface area contributed by atoms with E-state index in [9.17, 15) is 8.42 Å². The van der Waals surface area contributed by atoms with Crippen LogP contribution in [-0.2, 0) is 34.2 Å². The molecule has 138 valence electrons. The van der Waals surface area contributed by atoms with Crippen LogP contribution >= 0.6 is 11.3 Å². The van der Waals surface area contributed by atoms with Crippen LogP contribution in [0.4, 0.5) is 0 Å². The van der Waals surface area contributed by atoms with Crippen LogP contribution in [0.15, 0.2) is 28.2 Å². The van der Waals surface area contributed by atoms with Crippen molar-refractivity contribution in [1.29, 1.82) is 0 Å². The van der Waals surface area contributed by atoms with Crippen molar-refractivity contribution in [2.75, 3.05) is 26.5 Å². The first-order valence-corrected chi connectivity index (χ1v) is 11.0. The van der Waals surface area contributed by atoms with Gasteiger partial charge in [-0.15, -0.1) is 0 Å². The summed E-state index contributed by atoms with van der Waals surface area (Å²) in [6, 6.07) is 2.11. The molecule has 0 saturated heterocycles. The van der Waals surface area contributed by atoms with Gasteiger partial charge in [-0.3, -0.25) is 4.90 Å². The molecule has 1 saturated carbocycles. The van der Waals surface area contributed by atoms with Gasteiger partial charge in [0.25, 0.3) is 0 Å². The van der Waals surface area contributed by atoms with E-state index in [2.05, 4.69) is 26.7 Å². The zero-order valence-corrected chi connectivity index (χ0v) is 16.4. The maximum atomic E-state index is 12.7. The number of sulfone groups is 1. The van der Waals surface area contributed by atoms with Gasteiger partial charge in [0.05, 0.1) is 24.3 Å². The predicted molar refractivity (Wildman–Crippen MR) is 98.4 cm³/mol. The molecule has 0 atom stereocenters. The molecule has 0 bridgehead atoms. The lowest BCUT2D eigenvalue weighted by atomic mass is 10.3. The van der Waals surface area contributed by atoms with Gasteiger partial charge >= 0.3 is 0 Å². The van der Waals surface area contributed by atoms with E-state index in [4.69, 9.17) is 4.74 Å². The summed E-state index contributed by atoms with van der Waals surface area (Å²) in [6.07, 6.45) is 3.71. The normalized spacial score (nSPS) is 15.2. The number of hydrogen-bond acceptors (Lipinski definition) is 6. The Morgan fingerprint density at radius 3 is 2.84 bits per heavy atom. The highest BCUT2D eigenvalue weighted by molar-refractivity contribution is 7.91. The highest BCUT2D eigenvalue weighted by Gasteiger charge is 2.32. The molecule has 0 radical (unpaired) electrons. The second-order valence-corrected chi connectivity index (χ2v) is 9.41. The summed E-state index contributed by atoms with van der Waals surface area (Å²) in [5.41, 5.74) is 2.17. The molecule has 8 heteroatoms. The van der Waals surface area contributed by atoms with E-state index in [1.165, 1.54) is 5.56 Å². The van der Waals surface area contributed by atoms with Gasteiger partial charge in [0, 0.05) is 26.7 Å². The Morgan fingerprint density at radius 1 is 1.40 bits per heavy atom. The lowest BCUT2D eigenvalue weighted by molar-refractivity contribution is 0.182. The molecule has 1 aliphatic carbocycles. The van der Waals surface area contributed by atoms with Crippen LogP contribution in [0.2, 0.25) is 0 Å². The second kappa shape index (κ2) is 7.99. The van der Waals surface area contributed by atoms with Crippen molar-refractivity contribution in [1.82, 2.24) is 14.5 Å². The monoisotopic (exact) mass is 383 g/mol. The molecular weight excluding hydrogens is 358 g/mol. The Labute approximate surface area is 153 Å². The Hall–Kier alpha value is -1.22. The van der Waals surface area contributed by atoms with E-state index in [0.717, 1.165) is 25.1 Å². The van der Waals surface area contributed by atoms with E-state index < -0.39 is 9.84 Å². The number of aromatic nitrogens is 2. The van der Waals surface area contributed by atoms with Crippen molar-refractivity contribution in [3.05, 3.63) is 34.3 Å². The van der Waals surface area contributed by atoms with Crippen LogP contribution in [0, 0.1) is 5.92 Å². The van der Waals surface area contributed by atoms with Crippen molar-refractivity contribution in [3.63, 3.8) is 0 Å². The number of thiophene rings is 1. The summed E-state index contributed by atoms with van der Waals surface area (Å²) in [7, 11) is 0.311. The van der Waals surface area contributed by atoms with Crippen LogP contribution in [-0.4, -0.2) is 49.4 Å². The van der Waals surface area contributed by atoms with Crippen LogP contribution in [0.25, 0.3) is 0 Å². The smallest absolute Gasteiger partial charge is 0.227 e. The minimum atomic E-state index is -3.34. The van der Waals surface area contributed by atoms with Crippen molar-refractivity contribution in [2.24, 2.45) is 5.92 Å². The van der Waals surface area contributed by atoms with Gasteiger partial charge in [-0.05, 0) is 48.2 Å². The van der Waals surface area contributed by atoms with E-state index in [-0.39, 0.29) is 10.9 Å².